The van der Waals surface area contributed by atoms with Gasteiger partial charge in [-0.2, -0.15) is 0 Å². The summed E-state index contributed by atoms with van der Waals surface area (Å²) in [5.41, 5.74) is 0. The van der Waals surface area contributed by atoms with Crippen molar-refractivity contribution in [3.8, 4) is 0 Å². The minimum absolute atomic E-state index is 0. The normalized spacial score (nSPS) is 20.6. The molecule has 1 aliphatic rings. The van der Waals surface area contributed by atoms with E-state index in [9.17, 15) is 0 Å². The summed E-state index contributed by atoms with van der Waals surface area (Å²) in [5.74, 6) is 2.76. The van der Waals surface area contributed by atoms with Crippen LogP contribution in [0.4, 0.5) is 0 Å². The first-order valence-electron chi connectivity index (χ1n) is 2.24. The molecule has 0 aromatic heterocycles. The standard InChI is InChI=1S/C4H8S2.CH4/c1-2-4-6-5-3-1;/h1-4H2;1H4. The van der Waals surface area contributed by atoms with Gasteiger partial charge in [-0.15, -0.1) is 0 Å². The van der Waals surface area contributed by atoms with Crippen LogP contribution >= 0.6 is 21.6 Å². The van der Waals surface area contributed by atoms with Gasteiger partial charge in [-0.3, -0.25) is 0 Å². The van der Waals surface area contributed by atoms with E-state index in [2.05, 4.69) is 0 Å². The van der Waals surface area contributed by atoms with Gasteiger partial charge < -0.3 is 0 Å². The van der Waals surface area contributed by atoms with E-state index in [1.54, 1.807) is 0 Å². The first-order valence-corrected chi connectivity index (χ1v) is 4.73. The maximum absolute atomic E-state index is 2.01. The Morgan fingerprint density at radius 3 is 1.43 bits per heavy atom. The zero-order valence-corrected chi connectivity index (χ0v) is 5.28. The molecule has 44 valence electrons. The Bertz CT molecular complexity index is 21.6. The van der Waals surface area contributed by atoms with Gasteiger partial charge in [0.2, 0.25) is 0 Å². The molecule has 0 atom stereocenters. The Balaban J connectivity index is 0.000000360. The van der Waals surface area contributed by atoms with E-state index < -0.39 is 0 Å². The van der Waals surface area contributed by atoms with Crippen LogP contribution in [0.25, 0.3) is 0 Å². The maximum atomic E-state index is 2.01. The quantitative estimate of drug-likeness (QED) is 0.470. The highest BCUT2D eigenvalue weighted by Crippen LogP contribution is 2.28. The van der Waals surface area contributed by atoms with Crippen LogP contribution in [0.15, 0.2) is 0 Å². The third-order valence-corrected chi connectivity index (χ3v) is 3.37. The minimum Gasteiger partial charge on any atom is -0.0942 e. The molecule has 1 rings (SSSR count). The van der Waals surface area contributed by atoms with Crippen molar-refractivity contribution in [2.75, 3.05) is 11.5 Å². The van der Waals surface area contributed by atoms with Gasteiger partial charge in [-0.05, 0) is 12.8 Å². The summed E-state index contributed by atoms with van der Waals surface area (Å²) < 4.78 is 0. The summed E-state index contributed by atoms with van der Waals surface area (Å²) in [7, 11) is 4.02. The molecule has 0 aliphatic carbocycles. The van der Waals surface area contributed by atoms with Crippen LogP contribution in [0.5, 0.6) is 0 Å². The van der Waals surface area contributed by atoms with E-state index in [0.29, 0.717) is 0 Å². The molecule has 0 aromatic carbocycles. The predicted octanol–water partition coefficient (Wildman–Crippen LogP) is 2.80. The smallest absolute Gasteiger partial charge is 0.00372 e. The third kappa shape index (κ3) is 3.30. The molecule has 0 radical (unpaired) electrons. The van der Waals surface area contributed by atoms with Gasteiger partial charge in [0.15, 0.2) is 0 Å². The maximum Gasteiger partial charge on any atom is 0.00372 e. The van der Waals surface area contributed by atoms with Gasteiger partial charge in [-0.25, -0.2) is 0 Å². The highest BCUT2D eigenvalue weighted by Gasteiger charge is 1.96. The first kappa shape index (κ1) is 7.70. The van der Waals surface area contributed by atoms with Crippen LogP contribution < -0.4 is 0 Å². The molecular formula is C5H12S2. The summed E-state index contributed by atoms with van der Waals surface area (Å²) in [5, 5.41) is 0. The largest absolute Gasteiger partial charge is 0.0942 e. The number of rotatable bonds is 0. The average Bonchev–Trinajstić information content (AvgIpc) is 1.72. The monoisotopic (exact) mass is 136 g/mol. The minimum atomic E-state index is 0. The lowest BCUT2D eigenvalue weighted by molar-refractivity contribution is 0.906. The molecule has 0 amide bonds. The van der Waals surface area contributed by atoms with Crippen LogP contribution in [0.3, 0.4) is 0 Å². The van der Waals surface area contributed by atoms with E-state index in [1.807, 2.05) is 21.6 Å². The molecule has 0 bridgehead atoms. The van der Waals surface area contributed by atoms with Crippen molar-refractivity contribution in [2.24, 2.45) is 0 Å². The lowest BCUT2D eigenvalue weighted by Crippen LogP contribution is -1.86. The lowest BCUT2D eigenvalue weighted by Gasteiger charge is -2.04. The molecule has 0 saturated carbocycles. The highest BCUT2D eigenvalue weighted by molar-refractivity contribution is 8.76. The SMILES string of the molecule is C.C1CCSSC1. The van der Waals surface area contributed by atoms with Gasteiger partial charge in [0, 0.05) is 11.5 Å². The summed E-state index contributed by atoms with van der Waals surface area (Å²) in [4.78, 5) is 0. The van der Waals surface area contributed by atoms with E-state index in [4.69, 9.17) is 0 Å². The highest BCUT2D eigenvalue weighted by atomic mass is 33.1. The fourth-order valence-electron chi connectivity index (χ4n) is 0.440. The summed E-state index contributed by atoms with van der Waals surface area (Å²) >= 11 is 0. The second kappa shape index (κ2) is 4.85. The van der Waals surface area contributed by atoms with Gasteiger partial charge in [0.1, 0.15) is 0 Å². The van der Waals surface area contributed by atoms with Crippen molar-refractivity contribution < 1.29 is 0 Å². The molecular weight excluding hydrogens is 124 g/mol. The van der Waals surface area contributed by atoms with E-state index >= 15 is 0 Å². The molecule has 0 unspecified atom stereocenters. The Hall–Kier alpha value is 0.700. The topological polar surface area (TPSA) is 0 Å². The van der Waals surface area contributed by atoms with Gasteiger partial charge >= 0.3 is 0 Å². The van der Waals surface area contributed by atoms with Gasteiger partial charge in [-0.1, -0.05) is 29.0 Å². The Kier molecular flexibility index (Phi) is 5.33. The van der Waals surface area contributed by atoms with E-state index in [-0.39, 0.29) is 7.43 Å². The molecule has 0 nitrogen and oxygen atoms in total. The lowest BCUT2D eigenvalue weighted by atomic mass is 10.4. The molecule has 0 aromatic rings. The molecule has 1 aliphatic heterocycles. The Labute approximate surface area is 53.8 Å². The molecule has 0 N–H and O–H groups in total. The molecule has 7 heavy (non-hydrogen) atoms. The van der Waals surface area contributed by atoms with Crippen molar-refractivity contribution in [2.45, 2.75) is 20.3 Å². The molecule has 1 fully saturated rings. The summed E-state index contributed by atoms with van der Waals surface area (Å²) in [6.07, 6.45) is 2.88. The zero-order chi connectivity index (χ0) is 4.24. The van der Waals surface area contributed by atoms with Crippen molar-refractivity contribution in [1.82, 2.24) is 0 Å². The van der Waals surface area contributed by atoms with Crippen molar-refractivity contribution in [1.29, 1.82) is 0 Å². The van der Waals surface area contributed by atoms with Crippen molar-refractivity contribution in [3.63, 3.8) is 0 Å². The molecule has 0 spiro atoms. The third-order valence-electron chi connectivity index (χ3n) is 0.789. The second-order valence-corrected chi connectivity index (χ2v) is 4.05. The fraction of sp³-hybridized carbons (Fsp3) is 1.00. The number of hydrogen-bond acceptors (Lipinski definition) is 2. The summed E-state index contributed by atoms with van der Waals surface area (Å²) in [6, 6.07) is 0. The molecule has 1 heterocycles. The number of hydrogen-bond donors (Lipinski definition) is 0. The van der Waals surface area contributed by atoms with E-state index in [0.717, 1.165) is 0 Å². The Morgan fingerprint density at radius 2 is 1.29 bits per heavy atom. The average molecular weight is 136 g/mol. The first-order chi connectivity index (χ1) is 3.00. The van der Waals surface area contributed by atoms with Crippen LogP contribution in [-0.2, 0) is 0 Å². The van der Waals surface area contributed by atoms with Crippen molar-refractivity contribution >= 4 is 21.6 Å². The molecule has 1 saturated heterocycles. The zero-order valence-electron chi connectivity index (χ0n) is 3.64. The predicted molar refractivity (Wildman–Crippen MR) is 40.9 cm³/mol. The van der Waals surface area contributed by atoms with Gasteiger partial charge in [0.05, 0.1) is 0 Å². The second-order valence-electron chi connectivity index (χ2n) is 1.35. The fourth-order valence-corrected chi connectivity index (χ4v) is 2.73. The van der Waals surface area contributed by atoms with Crippen LogP contribution in [-0.4, -0.2) is 11.5 Å². The van der Waals surface area contributed by atoms with Crippen molar-refractivity contribution in [3.05, 3.63) is 0 Å². The summed E-state index contributed by atoms with van der Waals surface area (Å²) in [6.45, 7) is 0. The van der Waals surface area contributed by atoms with Gasteiger partial charge in [0.25, 0.3) is 0 Å². The van der Waals surface area contributed by atoms with Crippen LogP contribution in [0.2, 0.25) is 0 Å². The molecule has 2 heteroatoms. The van der Waals surface area contributed by atoms with E-state index in [1.165, 1.54) is 24.3 Å². The van der Waals surface area contributed by atoms with Crippen LogP contribution in [0, 0.1) is 0 Å². The Morgan fingerprint density at radius 1 is 0.857 bits per heavy atom. The van der Waals surface area contributed by atoms with Crippen LogP contribution in [0.1, 0.15) is 20.3 Å².